The van der Waals surface area contributed by atoms with E-state index in [0.717, 1.165) is 46.7 Å². The van der Waals surface area contributed by atoms with Crippen LogP contribution in [0.3, 0.4) is 0 Å². The minimum Gasteiger partial charge on any atom is -0.444 e. The zero-order valence-electron chi connectivity index (χ0n) is 26.3. The maximum Gasteiger partial charge on any atom is 0.410 e. The van der Waals surface area contributed by atoms with Gasteiger partial charge < -0.3 is 24.8 Å². The van der Waals surface area contributed by atoms with Gasteiger partial charge in [0.1, 0.15) is 22.9 Å². The fraction of sp³-hybridized carbons (Fsp3) is 0.438. The molecule has 44 heavy (non-hydrogen) atoms. The van der Waals surface area contributed by atoms with E-state index < -0.39 is 17.3 Å². The van der Waals surface area contributed by atoms with Gasteiger partial charge in [0, 0.05) is 30.1 Å². The second-order valence-corrected chi connectivity index (χ2v) is 12.9. The summed E-state index contributed by atoms with van der Waals surface area (Å²) in [6.07, 6.45) is 7.87. The van der Waals surface area contributed by atoms with Crippen LogP contribution >= 0.6 is 0 Å². The number of rotatable bonds is 6. The summed E-state index contributed by atoms with van der Waals surface area (Å²) >= 11 is 0. The van der Waals surface area contributed by atoms with Crippen LogP contribution in [0.4, 0.5) is 9.59 Å². The van der Waals surface area contributed by atoms with E-state index in [1.54, 1.807) is 29.7 Å². The number of imidazole rings is 2. The molecule has 0 aliphatic carbocycles. The van der Waals surface area contributed by atoms with Crippen LogP contribution in [0.5, 0.6) is 0 Å². The molecule has 0 bridgehead atoms. The van der Waals surface area contributed by atoms with Gasteiger partial charge in [-0.15, -0.1) is 0 Å². The predicted molar refractivity (Wildman–Crippen MR) is 165 cm³/mol. The fourth-order valence-corrected chi connectivity index (χ4v) is 4.91. The molecule has 2 atom stereocenters. The third-order valence-corrected chi connectivity index (χ3v) is 6.95. The average Bonchev–Trinajstić information content (AvgIpc) is 3.72. The predicted octanol–water partition coefficient (Wildman–Crippen LogP) is 6.58. The zero-order chi connectivity index (χ0) is 31.6. The Hall–Kier alpha value is -4.74. The Morgan fingerprint density at radius 3 is 2.11 bits per heavy atom. The number of nitrogens with zero attached hydrogens (tertiary/aromatic N) is 5. The normalized spacial score (nSPS) is 16.1. The Bertz CT molecular complexity index is 1600. The summed E-state index contributed by atoms with van der Waals surface area (Å²) in [5.74, 6) is 1.94. The summed E-state index contributed by atoms with van der Waals surface area (Å²) in [6.45, 7) is 13.5. The van der Waals surface area contributed by atoms with Crippen LogP contribution in [0.1, 0.15) is 85.0 Å². The van der Waals surface area contributed by atoms with Crippen LogP contribution in [-0.2, 0) is 9.47 Å². The highest BCUT2D eigenvalue weighted by atomic mass is 16.6. The number of amides is 2. The maximum atomic E-state index is 12.7. The van der Waals surface area contributed by atoms with Gasteiger partial charge in [-0.3, -0.25) is 4.90 Å². The third-order valence-electron chi connectivity index (χ3n) is 6.95. The van der Waals surface area contributed by atoms with Crippen LogP contribution in [0.2, 0.25) is 0 Å². The zero-order valence-corrected chi connectivity index (χ0v) is 26.3. The lowest BCUT2D eigenvalue weighted by Gasteiger charge is -2.27. The van der Waals surface area contributed by atoms with Crippen molar-refractivity contribution in [2.24, 2.45) is 0 Å². The van der Waals surface area contributed by atoms with Crippen molar-refractivity contribution in [3.05, 3.63) is 60.7 Å². The lowest BCUT2D eigenvalue weighted by molar-refractivity contribution is 0.0218. The molecule has 4 aromatic rings. The molecule has 5 rings (SSSR count). The van der Waals surface area contributed by atoms with Crippen LogP contribution < -0.4 is 5.32 Å². The molecule has 4 heterocycles. The van der Waals surface area contributed by atoms with E-state index in [-0.39, 0.29) is 18.2 Å². The Kier molecular flexibility index (Phi) is 8.44. The second kappa shape index (κ2) is 12.1. The summed E-state index contributed by atoms with van der Waals surface area (Å²) < 4.78 is 10.9. The van der Waals surface area contributed by atoms with E-state index in [0.29, 0.717) is 18.2 Å². The highest BCUT2D eigenvalue weighted by Gasteiger charge is 2.34. The molecule has 0 radical (unpaired) electrons. The number of alkyl carbamates (subject to hydrolysis) is 1. The van der Waals surface area contributed by atoms with Gasteiger partial charge in [-0.25, -0.2) is 29.5 Å². The van der Waals surface area contributed by atoms with Crippen LogP contribution in [0.25, 0.3) is 33.9 Å². The molecule has 1 aliphatic heterocycles. The lowest BCUT2D eigenvalue weighted by atomic mass is 10.1. The second-order valence-electron chi connectivity index (χ2n) is 12.9. The molecule has 2 amide bonds. The first kappa shape index (κ1) is 30.7. The molecule has 1 fully saturated rings. The molecule has 12 heteroatoms. The van der Waals surface area contributed by atoms with E-state index in [9.17, 15) is 9.59 Å². The molecule has 1 aliphatic rings. The van der Waals surface area contributed by atoms with Gasteiger partial charge in [0.2, 0.25) is 0 Å². The topological polar surface area (TPSA) is 151 Å². The molecule has 0 saturated carbocycles. The first-order chi connectivity index (χ1) is 20.8. The first-order valence-electron chi connectivity index (χ1n) is 14.8. The first-order valence-corrected chi connectivity index (χ1v) is 14.8. The number of benzene rings is 1. The number of nitrogens with one attached hydrogen (secondary N) is 3. The SMILES string of the molecule is C[C@H](NC(=O)OC(C)(C)C)c1ncc(-c2cnc(-c3ccc(-c4cnc([C@@H]5CCCN5C(=O)OC(C)(C)C)[nH]4)cc3)nc2)[nH]1. The summed E-state index contributed by atoms with van der Waals surface area (Å²) in [7, 11) is 0. The molecule has 0 unspecified atom stereocenters. The van der Waals surface area contributed by atoms with Gasteiger partial charge in [-0.1, -0.05) is 24.3 Å². The number of likely N-dealkylation sites (tertiary alicyclic amines) is 1. The van der Waals surface area contributed by atoms with Crippen molar-refractivity contribution in [3.8, 4) is 33.9 Å². The van der Waals surface area contributed by atoms with Crippen molar-refractivity contribution in [2.75, 3.05) is 6.54 Å². The quantitative estimate of drug-likeness (QED) is 0.224. The van der Waals surface area contributed by atoms with Crippen molar-refractivity contribution in [1.29, 1.82) is 0 Å². The van der Waals surface area contributed by atoms with Gasteiger partial charge >= 0.3 is 12.2 Å². The Morgan fingerprint density at radius 1 is 0.841 bits per heavy atom. The van der Waals surface area contributed by atoms with E-state index >= 15 is 0 Å². The van der Waals surface area contributed by atoms with Gasteiger partial charge in [-0.2, -0.15) is 0 Å². The van der Waals surface area contributed by atoms with Gasteiger partial charge in [-0.05, 0) is 66.9 Å². The van der Waals surface area contributed by atoms with Crippen molar-refractivity contribution in [2.45, 2.75) is 84.6 Å². The number of aromatic nitrogens is 6. The third kappa shape index (κ3) is 7.42. The molecule has 12 nitrogen and oxygen atoms in total. The lowest BCUT2D eigenvalue weighted by Crippen LogP contribution is -2.36. The highest BCUT2D eigenvalue weighted by molar-refractivity contribution is 5.70. The molecule has 3 aromatic heterocycles. The van der Waals surface area contributed by atoms with Crippen LogP contribution in [0, 0.1) is 0 Å². The molecular formula is C32H40N8O4. The number of hydrogen-bond donors (Lipinski definition) is 3. The molecule has 3 N–H and O–H groups in total. The van der Waals surface area contributed by atoms with Crippen molar-refractivity contribution in [3.63, 3.8) is 0 Å². The largest absolute Gasteiger partial charge is 0.444 e. The number of aromatic amines is 2. The summed E-state index contributed by atoms with van der Waals surface area (Å²) in [5.41, 5.74) is 3.07. The fourth-order valence-electron chi connectivity index (χ4n) is 4.91. The molecule has 232 valence electrons. The minimum absolute atomic E-state index is 0.139. The monoisotopic (exact) mass is 600 g/mol. The number of carbonyl (C=O) groups excluding carboxylic acids is 2. The standard InChI is InChI=1S/C32H40N8O4/c1-19(37-29(41)43-31(2,3)4)26-35-18-24(38-26)22-15-33-27(34-16-22)21-12-10-20(11-13-21)23-17-36-28(39-23)25-9-8-14-40(25)30(42)44-32(5,6)7/h10-13,15-19,25H,8-9,14H2,1-7H3,(H,35,38)(H,36,39)(H,37,41)/t19-,25-/m0/s1. The van der Waals surface area contributed by atoms with Crippen LogP contribution in [0.15, 0.2) is 49.1 Å². The minimum atomic E-state index is -0.581. The number of H-pyrrole nitrogens is 2. The van der Waals surface area contributed by atoms with Crippen LogP contribution in [-0.4, -0.2) is 64.7 Å². The van der Waals surface area contributed by atoms with E-state index in [1.807, 2.05) is 72.7 Å². The summed E-state index contributed by atoms with van der Waals surface area (Å²) in [6, 6.07) is 7.40. The van der Waals surface area contributed by atoms with Gasteiger partial charge in [0.15, 0.2) is 5.82 Å². The van der Waals surface area contributed by atoms with Crippen molar-refractivity contribution in [1.82, 2.24) is 40.1 Å². The Balaban J connectivity index is 1.22. The number of ether oxygens (including phenoxy) is 2. The Morgan fingerprint density at radius 2 is 1.45 bits per heavy atom. The van der Waals surface area contributed by atoms with Gasteiger partial charge in [0.25, 0.3) is 0 Å². The average molecular weight is 601 g/mol. The van der Waals surface area contributed by atoms with E-state index in [4.69, 9.17) is 9.47 Å². The molecule has 0 spiro atoms. The van der Waals surface area contributed by atoms with E-state index in [2.05, 4.69) is 35.2 Å². The van der Waals surface area contributed by atoms with E-state index in [1.165, 1.54) is 0 Å². The van der Waals surface area contributed by atoms with Crippen molar-refractivity contribution >= 4 is 12.2 Å². The summed E-state index contributed by atoms with van der Waals surface area (Å²) in [4.78, 5) is 51.3. The molecule has 1 aromatic carbocycles. The smallest absolute Gasteiger partial charge is 0.410 e. The number of hydrogen-bond acceptors (Lipinski definition) is 8. The molecular weight excluding hydrogens is 560 g/mol. The molecule has 1 saturated heterocycles. The maximum absolute atomic E-state index is 12.7. The van der Waals surface area contributed by atoms with Gasteiger partial charge in [0.05, 0.1) is 35.9 Å². The summed E-state index contributed by atoms with van der Waals surface area (Å²) in [5, 5.41) is 2.78. The Labute approximate surface area is 257 Å². The highest BCUT2D eigenvalue weighted by Crippen LogP contribution is 2.33. The van der Waals surface area contributed by atoms with Crippen molar-refractivity contribution < 1.29 is 19.1 Å². The number of carbonyl (C=O) groups is 2.